The monoisotopic (exact) mass is 292 g/mol. The fraction of sp³-hybridized carbons (Fsp3) is 0.188. The van der Waals surface area contributed by atoms with Crippen LogP contribution in [0.2, 0.25) is 5.02 Å². The summed E-state index contributed by atoms with van der Waals surface area (Å²) in [7, 11) is 0. The lowest BCUT2D eigenvalue weighted by Crippen LogP contribution is -1.98. The van der Waals surface area contributed by atoms with E-state index in [2.05, 4.69) is 0 Å². The van der Waals surface area contributed by atoms with Crippen LogP contribution in [0.5, 0.6) is 5.75 Å². The van der Waals surface area contributed by atoms with Crippen molar-refractivity contribution in [2.24, 2.45) is 0 Å². The Morgan fingerprint density at radius 1 is 1.20 bits per heavy atom. The molecule has 2 nitrogen and oxygen atoms in total. The third-order valence-electron chi connectivity index (χ3n) is 2.89. The average Bonchev–Trinajstić information content (AvgIpc) is 2.48. The first-order valence-corrected chi connectivity index (χ1v) is 6.68. The van der Waals surface area contributed by atoms with Gasteiger partial charge in [-0.1, -0.05) is 24.6 Å². The second-order valence-corrected chi connectivity index (χ2v) is 4.75. The third-order valence-corrected chi connectivity index (χ3v) is 3.18. The fourth-order valence-electron chi connectivity index (χ4n) is 1.74. The van der Waals surface area contributed by atoms with E-state index in [9.17, 15) is 9.18 Å². The second kappa shape index (κ2) is 6.53. The van der Waals surface area contributed by atoms with Crippen molar-refractivity contribution < 1.29 is 13.9 Å². The van der Waals surface area contributed by atoms with Gasteiger partial charge >= 0.3 is 0 Å². The molecule has 0 fully saturated rings. The number of rotatable bonds is 5. The molecule has 20 heavy (non-hydrogen) atoms. The molecule has 2 aromatic rings. The summed E-state index contributed by atoms with van der Waals surface area (Å²) >= 11 is 5.70. The average molecular weight is 293 g/mol. The fourth-order valence-corrected chi connectivity index (χ4v) is 1.94. The third kappa shape index (κ3) is 3.58. The number of hydrogen-bond acceptors (Lipinski definition) is 2. The normalized spacial score (nSPS) is 10.3. The van der Waals surface area contributed by atoms with Gasteiger partial charge in [-0.3, -0.25) is 4.79 Å². The molecular weight excluding hydrogens is 279 g/mol. The van der Waals surface area contributed by atoms with Crippen LogP contribution in [0.15, 0.2) is 42.5 Å². The van der Waals surface area contributed by atoms with Crippen molar-refractivity contribution in [1.82, 2.24) is 0 Å². The number of halogens is 2. The predicted octanol–water partition coefficient (Wildman–Crippen LogP) is 4.65. The molecule has 2 rings (SSSR count). The summed E-state index contributed by atoms with van der Waals surface area (Å²) in [4.78, 5) is 11.5. The zero-order valence-corrected chi connectivity index (χ0v) is 11.8. The van der Waals surface area contributed by atoms with E-state index in [0.29, 0.717) is 24.3 Å². The van der Waals surface area contributed by atoms with E-state index in [0.717, 1.165) is 5.56 Å². The van der Waals surface area contributed by atoms with Gasteiger partial charge in [-0.2, -0.15) is 0 Å². The molecule has 0 atom stereocenters. The Labute approximate surface area is 122 Å². The first-order valence-electron chi connectivity index (χ1n) is 6.30. The summed E-state index contributed by atoms with van der Waals surface area (Å²) in [5.41, 5.74) is 1.45. The topological polar surface area (TPSA) is 26.3 Å². The summed E-state index contributed by atoms with van der Waals surface area (Å²) in [6, 6.07) is 11.4. The van der Waals surface area contributed by atoms with E-state index in [1.54, 1.807) is 30.3 Å². The molecule has 0 radical (unpaired) electrons. The molecule has 4 heteroatoms. The molecule has 0 spiro atoms. The highest BCUT2D eigenvalue weighted by Gasteiger charge is 2.04. The summed E-state index contributed by atoms with van der Waals surface area (Å²) in [6.45, 7) is 2.12. The van der Waals surface area contributed by atoms with Crippen LogP contribution in [-0.4, -0.2) is 5.78 Å². The highest BCUT2D eigenvalue weighted by Crippen LogP contribution is 2.19. The van der Waals surface area contributed by atoms with Crippen LogP contribution in [0.1, 0.15) is 29.3 Å². The maximum atomic E-state index is 13.0. The van der Waals surface area contributed by atoms with Crippen LogP contribution in [0, 0.1) is 5.82 Å². The van der Waals surface area contributed by atoms with Crippen molar-refractivity contribution in [3.05, 3.63) is 64.4 Å². The molecule has 0 aliphatic rings. The van der Waals surface area contributed by atoms with Crippen LogP contribution < -0.4 is 4.74 Å². The summed E-state index contributed by atoms with van der Waals surface area (Å²) in [6.07, 6.45) is 0.480. The highest BCUT2D eigenvalue weighted by atomic mass is 35.5. The molecule has 0 aliphatic carbocycles. The van der Waals surface area contributed by atoms with Crippen molar-refractivity contribution in [3.63, 3.8) is 0 Å². The predicted molar refractivity (Wildman–Crippen MR) is 76.8 cm³/mol. The minimum Gasteiger partial charge on any atom is -0.489 e. The maximum absolute atomic E-state index is 13.0. The number of ether oxygens (including phenoxy) is 1. The summed E-state index contributed by atoms with van der Waals surface area (Å²) < 4.78 is 18.6. The minimum atomic E-state index is -0.446. The molecule has 0 amide bonds. The molecule has 104 valence electrons. The van der Waals surface area contributed by atoms with Gasteiger partial charge in [-0.25, -0.2) is 4.39 Å². The zero-order valence-electron chi connectivity index (χ0n) is 11.0. The van der Waals surface area contributed by atoms with Gasteiger partial charge < -0.3 is 4.74 Å². The van der Waals surface area contributed by atoms with E-state index >= 15 is 0 Å². The maximum Gasteiger partial charge on any atom is 0.162 e. The minimum absolute atomic E-state index is 0.0787. The SMILES string of the molecule is CCC(=O)c1ccc(OCc2ccc(F)c(Cl)c2)cc1. The lowest BCUT2D eigenvalue weighted by atomic mass is 10.1. The first kappa shape index (κ1) is 14.5. The van der Waals surface area contributed by atoms with Crippen LogP contribution in [0.4, 0.5) is 4.39 Å². The Hall–Kier alpha value is -1.87. The van der Waals surface area contributed by atoms with Crippen LogP contribution in [0.3, 0.4) is 0 Å². The molecular formula is C16H14ClFO2. The first-order chi connectivity index (χ1) is 9.60. The van der Waals surface area contributed by atoms with Gasteiger partial charge in [0.2, 0.25) is 0 Å². The lowest BCUT2D eigenvalue weighted by Gasteiger charge is -2.07. The van der Waals surface area contributed by atoms with Crippen molar-refractivity contribution in [2.45, 2.75) is 20.0 Å². The van der Waals surface area contributed by atoms with Crippen LogP contribution in [-0.2, 0) is 6.61 Å². The van der Waals surface area contributed by atoms with Gasteiger partial charge in [-0.15, -0.1) is 0 Å². The molecule has 0 heterocycles. The molecule has 0 aliphatic heterocycles. The van der Waals surface area contributed by atoms with Crippen molar-refractivity contribution >= 4 is 17.4 Å². The van der Waals surface area contributed by atoms with Crippen molar-refractivity contribution in [2.75, 3.05) is 0 Å². The van der Waals surface area contributed by atoms with Gasteiger partial charge in [0.15, 0.2) is 5.78 Å². The Morgan fingerprint density at radius 3 is 2.50 bits per heavy atom. The van der Waals surface area contributed by atoms with Gasteiger partial charge in [-0.05, 0) is 42.0 Å². The van der Waals surface area contributed by atoms with Gasteiger partial charge in [0.1, 0.15) is 18.2 Å². The standard InChI is InChI=1S/C16H14ClFO2/c1-2-16(19)12-4-6-13(7-5-12)20-10-11-3-8-15(18)14(17)9-11/h3-9H,2,10H2,1H3. The second-order valence-electron chi connectivity index (χ2n) is 4.34. The summed E-state index contributed by atoms with van der Waals surface area (Å²) in [5.74, 6) is 0.304. The van der Waals surface area contributed by atoms with Gasteiger partial charge in [0.05, 0.1) is 5.02 Å². The Kier molecular flexibility index (Phi) is 4.74. The van der Waals surface area contributed by atoms with Crippen molar-refractivity contribution in [3.8, 4) is 5.75 Å². The Balaban J connectivity index is 2.00. The van der Waals surface area contributed by atoms with E-state index in [1.807, 2.05) is 6.92 Å². The van der Waals surface area contributed by atoms with Gasteiger partial charge in [0, 0.05) is 12.0 Å². The van der Waals surface area contributed by atoms with E-state index in [-0.39, 0.29) is 10.8 Å². The molecule has 0 unspecified atom stereocenters. The highest BCUT2D eigenvalue weighted by molar-refractivity contribution is 6.30. The van der Waals surface area contributed by atoms with Crippen LogP contribution in [0.25, 0.3) is 0 Å². The lowest BCUT2D eigenvalue weighted by molar-refractivity contribution is 0.0988. The molecule has 0 N–H and O–H groups in total. The number of hydrogen-bond donors (Lipinski definition) is 0. The molecule has 0 saturated heterocycles. The van der Waals surface area contributed by atoms with E-state index < -0.39 is 5.82 Å². The number of benzene rings is 2. The zero-order chi connectivity index (χ0) is 14.5. The van der Waals surface area contributed by atoms with E-state index in [4.69, 9.17) is 16.3 Å². The molecule has 2 aromatic carbocycles. The number of carbonyl (C=O) groups excluding carboxylic acids is 1. The Bertz CT molecular complexity index is 608. The van der Waals surface area contributed by atoms with E-state index in [1.165, 1.54) is 12.1 Å². The Morgan fingerprint density at radius 2 is 1.90 bits per heavy atom. The summed E-state index contributed by atoms with van der Waals surface area (Å²) in [5, 5.41) is 0.0787. The van der Waals surface area contributed by atoms with Crippen LogP contribution >= 0.6 is 11.6 Å². The van der Waals surface area contributed by atoms with Crippen molar-refractivity contribution in [1.29, 1.82) is 0 Å². The van der Waals surface area contributed by atoms with Gasteiger partial charge in [0.25, 0.3) is 0 Å². The smallest absolute Gasteiger partial charge is 0.162 e. The number of carbonyl (C=O) groups is 1. The number of ketones is 1. The number of Topliss-reactive ketones (excluding diaryl/α,β-unsaturated/α-hetero) is 1. The molecule has 0 bridgehead atoms. The molecule has 0 aromatic heterocycles. The largest absolute Gasteiger partial charge is 0.489 e. The molecule has 0 saturated carbocycles. The quantitative estimate of drug-likeness (QED) is 0.750.